The first-order chi connectivity index (χ1) is 11.7. The predicted molar refractivity (Wildman–Crippen MR) is 107 cm³/mol. The van der Waals surface area contributed by atoms with Crippen molar-refractivity contribution in [3.05, 3.63) is 0 Å². The van der Waals surface area contributed by atoms with Gasteiger partial charge >= 0.3 is 0 Å². The summed E-state index contributed by atoms with van der Waals surface area (Å²) < 4.78 is 6.14. The average Bonchev–Trinajstić information content (AvgIpc) is 2.60. The summed E-state index contributed by atoms with van der Waals surface area (Å²) in [5.74, 6) is 0. The number of nitrogens with two attached hydrogens (primary N) is 3. The van der Waals surface area contributed by atoms with E-state index in [-0.39, 0.29) is 0 Å². The fraction of sp³-hybridized carbons (Fsp3) is 1.00. The molecule has 8 heteroatoms. The highest BCUT2D eigenvalue weighted by Gasteiger charge is 2.32. The summed E-state index contributed by atoms with van der Waals surface area (Å²) in [6.07, 6.45) is 3.52. The van der Waals surface area contributed by atoms with Crippen LogP contribution in [0.3, 0.4) is 0 Å². The minimum atomic E-state index is -1.66. The summed E-state index contributed by atoms with van der Waals surface area (Å²) in [5, 5.41) is 10.2. The van der Waals surface area contributed by atoms with Crippen molar-refractivity contribution >= 4 is 8.32 Å². The molecule has 0 aliphatic rings. The van der Waals surface area contributed by atoms with Gasteiger partial charge in [0.15, 0.2) is 8.32 Å². The number of nitrogens with one attached hydrogen (secondary N) is 3. The molecule has 0 unspecified atom stereocenters. The third kappa shape index (κ3) is 13.3. The Morgan fingerprint density at radius 3 is 1.21 bits per heavy atom. The van der Waals surface area contributed by atoms with Gasteiger partial charge in [0.2, 0.25) is 0 Å². The molecule has 0 aromatic heterocycles. The lowest BCUT2D eigenvalue weighted by Crippen LogP contribution is -2.39. The van der Waals surface area contributed by atoms with Gasteiger partial charge in [-0.2, -0.15) is 0 Å². The Morgan fingerprint density at radius 1 is 0.625 bits per heavy atom. The lowest BCUT2D eigenvalue weighted by Gasteiger charge is -2.30. The first kappa shape index (κ1) is 23.9. The van der Waals surface area contributed by atoms with Gasteiger partial charge in [-0.25, -0.2) is 0 Å². The van der Waals surface area contributed by atoms with E-state index in [0.717, 1.165) is 39.3 Å². The number of hydrogen-bond donors (Lipinski definition) is 6. The molecule has 0 aromatic carbocycles. The zero-order chi connectivity index (χ0) is 17.9. The van der Waals surface area contributed by atoms with Gasteiger partial charge < -0.3 is 37.6 Å². The minimum Gasteiger partial charge on any atom is -0.420 e. The van der Waals surface area contributed by atoms with Crippen LogP contribution in [-0.4, -0.2) is 74.3 Å². The molecule has 0 bridgehead atoms. The van der Waals surface area contributed by atoms with Crippen LogP contribution in [0, 0.1) is 0 Å². The molecule has 24 heavy (non-hydrogen) atoms. The van der Waals surface area contributed by atoms with Gasteiger partial charge in [0.1, 0.15) is 0 Å². The van der Waals surface area contributed by atoms with E-state index < -0.39 is 8.32 Å². The normalized spacial score (nSPS) is 12.0. The van der Waals surface area contributed by atoms with Crippen LogP contribution in [0.15, 0.2) is 0 Å². The molecule has 7 nitrogen and oxygen atoms in total. The predicted octanol–water partition coefficient (Wildman–Crippen LogP) is -0.606. The smallest absolute Gasteiger partial charge is 0.192 e. The molecule has 0 fully saturated rings. The molecule has 146 valence electrons. The van der Waals surface area contributed by atoms with E-state index in [1.165, 1.54) is 37.4 Å². The van der Waals surface area contributed by atoms with E-state index in [0.29, 0.717) is 19.6 Å². The van der Waals surface area contributed by atoms with Crippen LogP contribution in [0.25, 0.3) is 0 Å². The Hall–Kier alpha value is -0.0631. The minimum absolute atomic E-state index is 0.701. The molecule has 0 spiro atoms. The molecule has 0 aliphatic carbocycles. The Morgan fingerprint density at radius 2 is 0.958 bits per heavy atom. The summed E-state index contributed by atoms with van der Waals surface area (Å²) >= 11 is 0. The lowest BCUT2D eigenvalue weighted by molar-refractivity contribution is 0.382. The molecule has 0 heterocycles. The molecule has 0 rings (SSSR count). The first-order valence-electron chi connectivity index (χ1n) is 9.52. The van der Waals surface area contributed by atoms with Crippen molar-refractivity contribution in [2.75, 3.05) is 66.0 Å². The molecule has 0 atom stereocenters. The van der Waals surface area contributed by atoms with Crippen molar-refractivity contribution in [1.29, 1.82) is 0 Å². The fourth-order valence-electron chi connectivity index (χ4n) is 2.97. The third-order valence-corrected chi connectivity index (χ3v) is 9.01. The van der Waals surface area contributed by atoms with Crippen molar-refractivity contribution in [2.24, 2.45) is 17.2 Å². The quantitative estimate of drug-likeness (QED) is 0.134. The van der Waals surface area contributed by atoms with E-state index in [9.17, 15) is 0 Å². The van der Waals surface area contributed by atoms with Crippen molar-refractivity contribution in [3.63, 3.8) is 0 Å². The van der Waals surface area contributed by atoms with Crippen molar-refractivity contribution in [2.45, 2.75) is 37.4 Å². The van der Waals surface area contributed by atoms with Gasteiger partial charge in [-0.1, -0.05) is 0 Å². The van der Waals surface area contributed by atoms with Crippen LogP contribution in [0.2, 0.25) is 18.1 Å². The van der Waals surface area contributed by atoms with Gasteiger partial charge in [0.25, 0.3) is 0 Å². The Balaban J connectivity index is 4.23. The Labute approximate surface area is 150 Å². The maximum Gasteiger partial charge on any atom is 0.192 e. The van der Waals surface area contributed by atoms with Gasteiger partial charge in [-0.05, 0) is 57.0 Å². The van der Waals surface area contributed by atoms with Gasteiger partial charge in [-0.3, -0.25) is 0 Å². The SMILES string of the molecule is CO[Si](CCCNCCN)(CCCNCCN)CCCNCCN. The van der Waals surface area contributed by atoms with Crippen LogP contribution in [0.5, 0.6) is 0 Å². The van der Waals surface area contributed by atoms with Crippen LogP contribution >= 0.6 is 0 Å². The maximum atomic E-state index is 6.14. The highest BCUT2D eigenvalue weighted by atomic mass is 28.4. The van der Waals surface area contributed by atoms with E-state index >= 15 is 0 Å². The average molecular weight is 363 g/mol. The molecule has 0 aromatic rings. The van der Waals surface area contributed by atoms with Crippen LogP contribution in [0.1, 0.15) is 19.3 Å². The van der Waals surface area contributed by atoms with E-state index in [4.69, 9.17) is 21.6 Å². The summed E-state index contributed by atoms with van der Waals surface area (Å²) in [6.45, 7) is 7.89. The van der Waals surface area contributed by atoms with E-state index in [1.54, 1.807) is 0 Å². The van der Waals surface area contributed by atoms with Gasteiger partial charge in [0.05, 0.1) is 0 Å². The maximum absolute atomic E-state index is 6.14. The van der Waals surface area contributed by atoms with Crippen molar-refractivity contribution in [3.8, 4) is 0 Å². The summed E-state index contributed by atoms with van der Waals surface area (Å²) in [5.41, 5.74) is 16.6. The number of rotatable bonds is 19. The Kier molecular flexibility index (Phi) is 17.7. The van der Waals surface area contributed by atoms with E-state index in [2.05, 4.69) is 16.0 Å². The summed E-state index contributed by atoms with van der Waals surface area (Å²) in [7, 11) is 0.253. The molecule has 0 amide bonds. The Bertz CT molecular complexity index is 225. The fourth-order valence-corrected chi connectivity index (χ4v) is 6.79. The van der Waals surface area contributed by atoms with Crippen LogP contribution < -0.4 is 33.2 Å². The number of hydrogen-bond acceptors (Lipinski definition) is 7. The molecule has 0 saturated carbocycles. The van der Waals surface area contributed by atoms with Gasteiger partial charge in [-0.15, -0.1) is 0 Å². The zero-order valence-corrected chi connectivity index (χ0v) is 16.7. The van der Waals surface area contributed by atoms with Crippen molar-refractivity contribution < 1.29 is 4.43 Å². The second kappa shape index (κ2) is 17.8. The van der Waals surface area contributed by atoms with Crippen LogP contribution in [0.4, 0.5) is 0 Å². The highest BCUT2D eigenvalue weighted by molar-refractivity contribution is 6.73. The molecular weight excluding hydrogens is 320 g/mol. The van der Waals surface area contributed by atoms with Crippen LogP contribution in [-0.2, 0) is 4.43 Å². The van der Waals surface area contributed by atoms with Crippen molar-refractivity contribution in [1.82, 2.24) is 16.0 Å². The standard InChI is InChI=1S/C16H42N6OSi/c1-23-24(14-2-8-20-11-5-17,15-3-9-21-12-6-18)16-4-10-22-13-7-19/h20-22H,2-19H2,1H3. The molecule has 9 N–H and O–H groups in total. The topological polar surface area (TPSA) is 123 Å². The monoisotopic (exact) mass is 362 g/mol. The molecule has 0 aliphatic heterocycles. The summed E-state index contributed by atoms with van der Waals surface area (Å²) in [4.78, 5) is 0. The first-order valence-corrected chi connectivity index (χ1v) is 12.0. The van der Waals surface area contributed by atoms with Gasteiger partial charge in [0, 0.05) is 46.4 Å². The molecule has 0 radical (unpaired) electrons. The summed E-state index contributed by atoms with van der Waals surface area (Å²) in [6, 6.07) is 3.65. The zero-order valence-electron chi connectivity index (χ0n) is 15.7. The largest absolute Gasteiger partial charge is 0.420 e. The van der Waals surface area contributed by atoms with E-state index in [1.807, 2.05) is 7.11 Å². The second-order valence-electron chi connectivity index (χ2n) is 6.31. The highest BCUT2D eigenvalue weighted by Crippen LogP contribution is 2.26. The molecule has 0 saturated heterocycles. The molecular formula is C16H42N6OSi. The second-order valence-corrected chi connectivity index (χ2v) is 10.6. The third-order valence-electron chi connectivity index (χ3n) is 4.35. The lowest BCUT2D eigenvalue weighted by atomic mass is 10.4.